The van der Waals surface area contributed by atoms with Crippen molar-refractivity contribution in [3.05, 3.63) is 83.9 Å². The zero-order valence-corrected chi connectivity index (χ0v) is 20.4. The van der Waals surface area contributed by atoms with E-state index in [9.17, 15) is 9.59 Å². The second-order valence-electron chi connectivity index (χ2n) is 7.77. The third-order valence-electron chi connectivity index (χ3n) is 5.24. The lowest BCUT2D eigenvalue weighted by Crippen LogP contribution is -2.19. The number of carbonyl (C=O) groups excluding carboxylic acids is 2. The van der Waals surface area contributed by atoms with Crippen LogP contribution in [-0.2, 0) is 11.8 Å². The summed E-state index contributed by atoms with van der Waals surface area (Å²) in [6.45, 7) is 1.96. The number of rotatable bonds is 8. The van der Waals surface area contributed by atoms with E-state index < -0.39 is 0 Å². The Morgan fingerprint density at radius 2 is 1.74 bits per heavy atom. The summed E-state index contributed by atoms with van der Waals surface area (Å²) in [5.74, 6) is 0.883. The molecule has 2 N–H and O–H groups in total. The number of methoxy groups -OCH3 is 1. The first-order valence-electron chi connectivity index (χ1n) is 10.9. The summed E-state index contributed by atoms with van der Waals surface area (Å²) < 4.78 is 7.24. The van der Waals surface area contributed by atoms with E-state index in [1.807, 2.05) is 67.1 Å². The molecule has 8 nitrogen and oxygen atoms in total. The van der Waals surface area contributed by atoms with Crippen LogP contribution in [0.5, 0.6) is 5.75 Å². The summed E-state index contributed by atoms with van der Waals surface area (Å²) in [5, 5.41) is 14.8. The van der Waals surface area contributed by atoms with E-state index in [1.54, 1.807) is 31.4 Å². The molecule has 4 aromatic rings. The Hall–Kier alpha value is -4.11. The minimum absolute atomic E-state index is 0.103. The smallest absolute Gasteiger partial charge is 0.257 e. The molecule has 0 unspecified atom stereocenters. The van der Waals surface area contributed by atoms with E-state index in [0.29, 0.717) is 33.7 Å². The normalized spacial score (nSPS) is 10.6. The molecule has 0 aliphatic carbocycles. The maximum Gasteiger partial charge on any atom is 0.257 e. The summed E-state index contributed by atoms with van der Waals surface area (Å²) >= 11 is 1.26. The van der Waals surface area contributed by atoms with E-state index in [0.717, 1.165) is 11.1 Å². The van der Waals surface area contributed by atoms with Gasteiger partial charge in [-0.15, -0.1) is 10.2 Å². The lowest BCUT2D eigenvalue weighted by atomic mass is 10.1. The molecule has 178 valence electrons. The summed E-state index contributed by atoms with van der Waals surface area (Å²) in [5.41, 5.74) is 3.37. The lowest BCUT2D eigenvalue weighted by molar-refractivity contribution is -0.113. The van der Waals surface area contributed by atoms with E-state index in [-0.39, 0.29) is 17.6 Å². The molecule has 0 spiro atoms. The minimum atomic E-state index is -0.297. The second kappa shape index (κ2) is 10.9. The highest BCUT2D eigenvalue weighted by Crippen LogP contribution is 2.30. The Morgan fingerprint density at radius 3 is 2.54 bits per heavy atom. The van der Waals surface area contributed by atoms with E-state index in [1.165, 1.54) is 11.8 Å². The fraction of sp³-hybridized carbons (Fsp3) is 0.154. The van der Waals surface area contributed by atoms with E-state index >= 15 is 0 Å². The predicted molar refractivity (Wildman–Crippen MR) is 138 cm³/mol. The zero-order chi connectivity index (χ0) is 24.8. The van der Waals surface area contributed by atoms with Gasteiger partial charge in [-0.1, -0.05) is 48.2 Å². The molecule has 4 rings (SSSR count). The second-order valence-corrected chi connectivity index (χ2v) is 8.71. The summed E-state index contributed by atoms with van der Waals surface area (Å²) in [4.78, 5) is 25.6. The van der Waals surface area contributed by atoms with Gasteiger partial charge in [0.25, 0.3) is 5.91 Å². The molecule has 0 atom stereocenters. The van der Waals surface area contributed by atoms with Crippen molar-refractivity contribution in [3.8, 4) is 17.1 Å². The number of hydrogen-bond acceptors (Lipinski definition) is 6. The highest BCUT2D eigenvalue weighted by molar-refractivity contribution is 7.99. The van der Waals surface area contributed by atoms with Crippen LogP contribution in [0.3, 0.4) is 0 Å². The average Bonchev–Trinajstić information content (AvgIpc) is 3.23. The van der Waals surface area contributed by atoms with Crippen molar-refractivity contribution in [3.63, 3.8) is 0 Å². The molecule has 0 bridgehead atoms. The quantitative estimate of drug-likeness (QED) is 0.347. The third-order valence-corrected chi connectivity index (χ3v) is 6.26. The summed E-state index contributed by atoms with van der Waals surface area (Å²) in [7, 11) is 3.45. The van der Waals surface area contributed by atoms with Gasteiger partial charge in [0.05, 0.1) is 29.7 Å². The predicted octanol–water partition coefficient (Wildman–Crippen LogP) is 4.78. The first-order valence-corrected chi connectivity index (χ1v) is 11.9. The van der Waals surface area contributed by atoms with Crippen LogP contribution in [0.15, 0.2) is 78.0 Å². The first kappa shape index (κ1) is 24.0. The van der Waals surface area contributed by atoms with Gasteiger partial charge in [0.1, 0.15) is 5.75 Å². The van der Waals surface area contributed by atoms with Crippen LogP contribution in [0.4, 0.5) is 11.4 Å². The largest absolute Gasteiger partial charge is 0.496 e. The molecule has 35 heavy (non-hydrogen) atoms. The molecule has 0 fully saturated rings. The van der Waals surface area contributed by atoms with E-state index in [2.05, 4.69) is 20.8 Å². The van der Waals surface area contributed by atoms with Gasteiger partial charge < -0.3 is 19.9 Å². The number of aryl methyl sites for hydroxylation is 1. The van der Waals surface area contributed by atoms with Crippen molar-refractivity contribution in [2.45, 2.75) is 12.1 Å². The van der Waals surface area contributed by atoms with Crippen LogP contribution in [0, 0.1) is 6.92 Å². The summed E-state index contributed by atoms with van der Waals surface area (Å²) in [6.07, 6.45) is 0. The lowest BCUT2D eigenvalue weighted by Gasteiger charge is -2.12. The van der Waals surface area contributed by atoms with Crippen molar-refractivity contribution >= 4 is 35.0 Å². The molecule has 1 aromatic heterocycles. The number of anilines is 2. The molecule has 0 aliphatic heterocycles. The Labute approximate surface area is 207 Å². The highest BCUT2D eigenvalue weighted by Gasteiger charge is 2.17. The van der Waals surface area contributed by atoms with Crippen molar-refractivity contribution in [2.24, 2.45) is 7.05 Å². The fourth-order valence-corrected chi connectivity index (χ4v) is 4.24. The van der Waals surface area contributed by atoms with Crippen LogP contribution in [-0.4, -0.2) is 39.4 Å². The van der Waals surface area contributed by atoms with Gasteiger partial charge in [-0.05, 0) is 48.9 Å². The van der Waals surface area contributed by atoms with Crippen LogP contribution in [0.1, 0.15) is 15.9 Å². The molecule has 3 aromatic carbocycles. The number of thioether (sulfide) groups is 1. The van der Waals surface area contributed by atoms with Crippen molar-refractivity contribution in [1.29, 1.82) is 0 Å². The summed E-state index contributed by atoms with van der Waals surface area (Å²) in [6, 6.07) is 22.0. The topological polar surface area (TPSA) is 98.1 Å². The van der Waals surface area contributed by atoms with Crippen LogP contribution in [0.25, 0.3) is 11.4 Å². The first-order chi connectivity index (χ1) is 17.0. The highest BCUT2D eigenvalue weighted by atomic mass is 32.2. The molecular weight excluding hydrogens is 462 g/mol. The number of carbonyl (C=O) groups is 2. The number of amides is 2. The molecule has 0 radical (unpaired) electrons. The van der Waals surface area contributed by atoms with E-state index in [4.69, 9.17) is 4.74 Å². The fourth-order valence-electron chi connectivity index (χ4n) is 3.53. The van der Waals surface area contributed by atoms with Crippen LogP contribution >= 0.6 is 11.8 Å². The van der Waals surface area contributed by atoms with Crippen molar-refractivity contribution in [2.75, 3.05) is 23.5 Å². The number of nitrogens with zero attached hydrogens (tertiary/aromatic N) is 3. The number of hydrogen-bond donors (Lipinski definition) is 2. The Bertz CT molecular complexity index is 1370. The van der Waals surface area contributed by atoms with Gasteiger partial charge in [0.2, 0.25) is 5.91 Å². The number of ether oxygens (including phenoxy) is 1. The van der Waals surface area contributed by atoms with Crippen molar-refractivity contribution in [1.82, 2.24) is 14.8 Å². The van der Waals surface area contributed by atoms with Gasteiger partial charge in [-0.2, -0.15) is 0 Å². The number of nitrogens with one attached hydrogen (secondary N) is 2. The Kier molecular flexibility index (Phi) is 7.47. The number of para-hydroxylation sites is 2. The van der Waals surface area contributed by atoms with Gasteiger partial charge in [-0.3, -0.25) is 9.59 Å². The van der Waals surface area contributed by atoms with Crippen LogP contribution in [0.2, 0.25) is 0 Å². The number of aromatic nitrogens is 3. The Balaban J connectivity index is 1.42. The third kappa shape index (κ3) is 5.70. The van der Waals surface area contributed by atoms with Gasteiger partial charge in [0.15, 0.2) is 11.0 Å². The molecule has 0 saturated carbocycles. The SMILES string of the molecule is COc1ccccc1-c1nnc(SCC(=O)Nc2ccccc2C(=O)Nc2cccc(C)c2)n1C. The van der Waals surface area contributed by atoms with Gasteiger partial charge in [0, 0.05) is 12.7 Å². The number of benzene rings is 3. The molecule has 1 heterocycles. The Morgan fingerprint density at radius 1 is 0.971 bits per heavy atom. The standard InChI is InChI=1S/C26H25N5O3S/c1-17-9-8-10-18(15-17)27-25(33)19-11-4-6-13-21(19)28-23(32)16-35-26-30-29-24(31(26)2)20-12-5-7-14-22(20)34-3/h4-15H,16H2,1-3H3,(H,27,33)(H,28,32). The van der Waals surface area contributed by atoms with Gasteiger partial charge in [-0.25, -0.2) is 0 Å². The molecule has 0 aliphatic rings. The average molecular weight is 488 g/mol. The van der Waals surface area contributed by atoms with Crippen LogP contribution < -0.4 is 15.4 Å². The monoisotopic (exact) mass is 487 g/mol. The van der Waals surface area contributed by atoms with Gasteiger partial charge >= 0.3 is 0 Å². The molecule has 2 amide bonds. The molecule has 9 heteroatoms. The zero-order valence-electron chi connectivity index (χ0n) is 19.6. The maximum absolute atomic E-state index is 12.8. The molecule has 0 saturated heterocycles. The van der Waals surface area contributed by atoms with Crippen molar-refractivity contribution < 1.29 is 14.3 Å². The maximum atomic E-state index is 12.8. The minimum Gasteiger partial charge on any atom is -0.496 e. The molecular formula is C26H25N5O3S.